The fourth-order valence-corrected chi connectivity index (χ4v) is 2.82. The van der Waals surface area contributed by atoms with E-state index in [2.05, 4.69) is 35.0 Å². The number of pyridine rings is 1. The van der Waals surface area contributed by atoms with Gasteiger partial charge in [-0.1, -0.05) is 6.42 Å². The van der Waals surface area contributed by atoms with Crippen molar-refractivity contribution in [1.29, 1.82) is 0 Å². The molecule has 0 saturated heterocycles. The monoisotopic (exact) mass is 255 g/mol. The van der Waals surface area contributed by atoms with E-state index in [1.165, 1.54) is 19.3 Å². The number of rotatable bonds is 4. The summed E-state index contributed by atoms with van der Waals surface area (Å²) in [6.45, 7) is 4.34. The molecule has 1 aromatic heterocycles. The first kappa shape index (κ1) is 12.3. The summed E-state index contributed by atoms with van der Waals surface area (Å²) in [4.78, 5) is 6.77. The first-order valence-electron chi connectivity index (χ1n) is 7.17. The van der Waals surface area contributed by atoms with Crippen LogP contribution in [-0.4, -0.2) is 18.1 Å². The van der Waals surface area contributed by atoms with Crippen LogP contribution in [0.25, 0.3) is 10.9 Å². The number of nitrogens with zero attached hydrogens (tertiary/aromatic N) is 2. The third kappa shape index (κ3) is 2.25. The lowest BCUT2D eigenvalue weighted by molar-refractivity contribution is 0.318. The van der Waals surface area contributed by atoms with Gasteiger partial charge in [-0.15, -0.1) is 0 Å². The van der Waals surface area contributed by atoms with Crippen LogP contribution in [0.15, 0.2) is 30.5 Å². The molecule has 0 aliphatic heterocycles. The number of fused-ring (bicyclic) bond motifs is 1. The highest BCUT2D eigenvalue weighted by Gasteiger charge is 2.21. The molecule has 0 amide bonds. The fourth-order valence-electron chi connectivity index (χ4n) is 2.82. The van der Waals surface area contributed by atoms with E-state index in [9.17, 15) is 0 Å². The van der Waals surface area contributed by atoms with Gasteiger partial charge in [0.05, 0.1) is 16.9 Å². The SMILES string of the molecule is CCN(CC1CCC1)c1ccc2ncccc2c1N. The predicted octanol–water partition coefficient (Wildman–Crippen LogP) is 3.44. The molecule has 1 fully saturated rings. The number of anilines is 2. The average molecular weight is 255 g/mol. The minimum Gasteiger partial charge on any atom is -0.396 e. The minimum atomic E-state index is 0.851. The number of hydrogen-bond donors (Lipinski definition) is 1. The molecule has 3 heteroatoms. The maximum Gasteiger partial charge on any atom is 0.0724 e. The second kappa shape index (κ2) is 5.08. The van der Waals surface area contributed by atoms with Gasteiger partial charge in [-0.2, -0.15) is 0 Å². The summed E-state index contributed by atoms with van der Waals surface area (Å²) < 4.78 is 0. The van der Waals surface area contributed by atoms with Gasteiger partial charge in [0.2, 0.25) is 0 Å². The largest absolute Gasteiger partial charge is 0.396 e. The predicted molar refractivity (Wildman–Crippen MR) is 81.4 cm³/mol. The van der Waals surface area contributed by atoms with E-state index >= 15 is 0 Å². The Bertz CT molecular complexity index is 575. The zero-order valence-electron chi connectivity index (χ0n) is 11.5. The molecule has 19 heavy (non-hydrogen) atoms. The molecule has 100 valence electrons. The van der Waals surface area contributed by atoms with Gasteiger partial charge in [0.1, 0.15) is 0 Å². The van der Waals surface area contributed by atoms with Crippen molar-refractivity contribution in [2.24, 2.45) is 5.92 Å². The molecule has 0 radical (unpaired) electrons. The van der Waals surface area contributed by atoms with Crippen molar-refractivity contribution >= 4 is 22.3 Å². The Morgan fingerprint density at radius 1 is 1.32 bits per heavy atom. The topological polar surface area (TPSA) is 42.2 Å². The van der Waals surface area contributed by atoms with Gasteiger partial charge in [-0.25, -0.2) is 0 Å². The van der Waals surface area contributed by atoms with Crippen molar-refractivity contribution in [3.8, 4) is 0 Å². The number of nitrogens with two attached hydrogens (primary N) is 1. The molecule has 1 aliphatic rings. The zero-order valence-corrected chi connectivity index (χ0v) is 11.5. The van der Waals surface area contributed by atoms with Crippen LogP contribution in [0.5, 0.6) is 0 Å². The molecule has 0 atom stereocenters. The van der Waals surface area contributed by atoms with E-state index in [4.69, 9.17) is 5.73 Å². The zero-order chi connectivity index (χ0) is 13.2. The van der Waals surface area contributed by atoms with Gasteiger partial charge in [0.15, 0.2) is 0 Å². The summed E-state index contributed by atoms with van der Waals surface area (Å²) in [5.74, 6) is 0.851. The molecular weight excluding hydrogens is 234 g/mol. The number of benzene rings is 1. The molecule has 3 nitrogen and oxygen atoms in total. The van der Waals surface area contributed by atoms with E-state index in [0.717, 1.165) is 41.3 Å². The molecule has 1 aliphatic carbocycles. The quantitative estimate of drug-likeness (QED) is 0.851. The number of nitrogen functional groups attached to an aromatic ring is 1. The number of hydrogen-bond acceptors (Lipinski definition) is 3. The summed E-state index contributed by atoms with van der Waals surface area (Å²) in [5, 5.41) is 1.06. The smallest absolute Gasteiger partial charge is 0.0724 e. The molecule has 1 aromatic carbocycles. The van der Waals surface area contributed by atoms with Crippen molar-refractivity contribution < 1.29 is 0 Å². The van der Waals surface area contributed by atoms with Gasteiger partial charge in [0, 0.05) is 24.7 Å². The molecule has 3 rings (SSSR count). The molecule has 0 bridgehead atoms. The summed E-state index contributed by atoms with van der Waals surface area (Å²) in [6, 6.07) is 8.19. The van der Waals surface area contributed by atoms with Gasteiger partial charge >= 0.3 is 0 Å². The van der Waals surface area contributed by atoms with Crippen LogP contribution in [0.4, 0.5) is 11.4 Å². The highest BCUT2D eigenvalue weighted by molar-refractivity contribution is 5.97. The van der Waals surface area contributed by atoms with Crippen LogP contribution in [0, 0.1) is 5.92 Å². The van der Waals surface area contributed by atoms with Crippen LogP contribution >= 0.6 is 0 Å². The third-order valence-electron chi connectivity index (χ3n) is 4.23. The van der Waals surface area contributed by atoms with Gasteiger partial charge in [-0.3, -0.25) is 4.98 Å². The summed E-state index contributed by atoms with van der Waals surface area (Å²) in [6.07, 6.45) is 5.93. The Balaban J connectivity index is 1.95. The van der Waals surface area contributed by atoms with Crippen LogP contribution in [0.1, 0.15) is 26.2 Å². The highest BCUT2D eigenvalue weighted by Crippen LogP contribution is 2.33. The molecule has 0 spiro atoms. The van der Waals surface area contributed by atoms with Crippen molar-refractivity contribution in [3.05, 3.63) is 30.5 Å². The van der Waals surface area contributed by atoms with Crippen LogP contribution in [-0.2, 0) is 0 Å². The summed E-state index contributed by atoms with van der Waals surface area (Å²) in [7, 11) is 0. The van der Waals surface area contributed by atoms with Crippen LogP contribution in [0.3, 0.4) is 0 Å². The van der Waals surface area contributed by atoms with E-state index < -0.39 is 0 Å². The highest BCUT2D eigenvalue weighted by atomic mass is 15.1. The minimum absolute atomic E-state index is 0.851. The van der Waals surface area contributed by atoms with E-state index in [1.807, 2.05) is 12.3 Å². The van der Waals surface area contributed by atoms with Crippen molar-refractivity contribution in [3.63, 3.8) is 0 Å². The van der Waals surface area contributed by atoms with Crippen molar-refractivity contribution in [2.75, 3.05) is 23.7 Å². The average Bonchev–Trinajstić information content (AvgIpc) is 2.40. The summed E-state index contributed by atoms with van der Waals surface area (Å²) >= 11 is 0. The maximum absolute atomic E-state index is 6.35. The van der Waals surface area contributed by atoms with Crippen LogP contribution < -0.4 is 10.6 Å². The lowest BCUT2D eigenvalue weighted by Gasteiger charge is -2.33. The Hall–Kier alpha value is -1.77. The standard InChI is InChI=1S/C16H21N3/c1-2-19(11-12-5-3-6-12)15-9-8-14-13(16(15)17)7-4-10-18-14/h4,7-10,12H,2-3,5-6,11,17H2,1H3. The third-order valence-corrected chi connectivity index (χ3v) is 4.23. The molecule has 2 aromatic rings. The normalized spacial score (nSPS) is 15.4. The van der Waals surface area contributed by atoms with Crippen LogP contribution in [0.2, 0.25) is 0 Å². The van der Waals surface area contributed by atoms with Crippen molar-refractivity contribution in [2.45, 2.75) is 26.2 Å². The second-order valence-corrected chi connectivity index (χ2v) is 5.40. The first-order valence-corrected chi connectivity index (χ1v) is 7.17. The number of aromatic nitrogens is 1. The van der Waals surface area contributed by atoms with E-state index in [0.29, 0.717) is 0 Å². The first-order chi connectivity index (χ1) is 9.29. The molecule has 0 unspecified atom stereocenters. The van der Waals surface area contributed by atoms with Gasteiger partial charge in [0.25, 0.3) is 0 Å². The molecule has 1 saturated carbocycles. The lowest BCUT2D eigenvalue weighted by Crippen LogP contribution is -2.32. The maximum atomic E-state index is 6.35. The van der Waals surface area contributed by atoms with E-state index in [-0.39, 0.29) is 0 Å². The fraction of sp³-hybridized carbons (Fsp3) is 0.438. The van der Waals surface area contributed by atoms with Gasteiger partial charge < -0.3 is 10.6 Å². The Morgan fingerprint density at radius 2 is 2.16 bits per heavy atom. The lowest BCUT2D eigenvalue weighted by atomic mass is 9.85. The van der Waals surface area contributed by atoms with Crippen molar-refractivity contribution in [1.82, 2.24) is 4.98 Å². The Labute approximate surface area is 114 Å². The second-order valence-electron chi connectivity index (χ2n) is 5.40. The summed E-state index contributed by atoms with van der Waals surface area (Å²) in [5.41, 5.74) is 9.35. The van der Waals surface area contributed by atoms with Gasteiger partial charge in [-0.05, 0) is 49.9 Å². The molecule has 2 N–H and O–H groups in total. The molecular formula is C16H21N3. The Kier molecular flexibility index (Phi) is 3.28. The molecule has 1 heterocycles. The van der Waals surface area contributed by atoms with E-state index in [1.54, 1.807) is 0 Å². The Morgan fingerprint density at radius 3 is 2.84 bits per heavy atom.